The molecule has 2 fully saturated rings. The van der Waals surface area contributed by atoms with Gasteiger partial charge in [0.05, 0.1) is 5.69 Å². The van der Waals surface area contributed by atoms with Crippen molar-refractivity contribution in [2.24, 2.45) is 17.9 Å². The molecule has 2 saturated heterocycles. The van der Waals surface area contributed by atoms with Crippen LogP contribution in [0.5, 0.6) is 0 Å². The fourth-order valence-corrected chi connectivity index (χ4v) is 5.58. The van der Waals surface area contributed by atoms with Crippen molar-refractivity contribution in [1.29, 1.82) is 0 Å². The van der Waals surface area contributed by atoms with E-state index in [0.29, 0.717) is 39.9 Å². The monoisotopic (exact) mass is 489 g/mol. The molecule has 188 valence electrons. The van der Waals surface area contributed by atoms with Crippen LogP contribution in [0.25, 0.3) is 11.5 Å². The molecule has 1 amide bonds. The molecule has 2 aromatic rings. The Kier molecular flexibility index (Phi) is 7.16. The van der Waals surface area contributed by atoms with Gasteiger partial charge < -0.3 is 14.2 Å². The Balaban J connectivity index is 1.51. The molecule has 0 unspecified atom stereocenters. The SMILES string of the molecule is CCc1nc(C)c(-c2nn(C)c(Cl)c2C(=O)N2CCCC3(CCN(CCC(C)(C)C)CC3)C2)o1. The van der Waals surface area contributed by atoms with Crippen LogP contribution in [-0.4, -0.2) is 63.2 Å². The van der Waals surface area contributed by atoms with E-state index < -0.39 is 0 Å². The topological polar surface area (TPSA) is 67.4 Å². The minimum atomic E-state index is -0.0452. The zero-order valence-electron chi connectivity index (χ0n) is 21.7. The molecule has 0 atom stereocenters. The summed E-state index contributed by atoms with van der Waals surface area (Å²) in [6.07, 6.45) is 6.42. The maximum Gasteiger partial charge on any atom is 0.259 e. The van der Waals surface area contributed by atoms with Gasteiger partial charge in [-0.3, -0.25) is 9.48 Å². The number of halogens is 1. The van der Waals surface area contributed by atoms with Gasteiger partial charge in [0.25, 0.3) is 5.91 Å². The number of nitrogens with zero attached hydrogens (tertiary/aromatic N) is 5. The van der Waals surface area contributed by atoms with Crippen LogP contribution in [-0.2, 0) is 13.5 Å². The van der Waals surface area contributed by atoms with Gasteiger partial charge in [0.15, 0.2) is 11.7 Å². The molecule has 0 bridgehead atoms. The van der Waals surface area contributed by atoms with Gasteiger partial charge in [0.2, 0.25) is 0 Å². The Morgan fingerprint density at radius 3 is 2.50 bits per heavy atom. The molecule has 8 heteroatoms. The summed E-state index contributed by atoms with van der Waals surface area (Å²) in [4.78, 5) is 22.9. The molecule has 34 heavy (non-hydrogen) atoms. The number of aromatic nitrogens is 3. The molecular weight excluding hydrogens is 450 g/mol. The van der Waals surface area contributed by atoms with E-state index in [2.05, 4.69) is 35.8 Å². The van der Waals surface area contributed by atoms with Gasteiger partial charge in [-0.05, 0) is 69.5 Å². The zero-order valence-corrected chi connectivity index (χ0v) is 22.5. The zero-order chi connectivity index (χ0) is 24.7. The van der Waals surface area contributed by atoms with Crippen molar-refractivity contribution >= 4 is 17.5 Å². The average molecular weight is 490 g/mol. The van der Waals surface area contributed by atoms with Crippen molar-refractivity contribution in [2.75, 3.05) is 32.7 Å². The summed E-state index contributed by atoms with van der Waals surface area (Å²) in [5, 5.41) is 4.91. The van der Waals surface area contributed by atoms with Crippen LogP contribution >= 0.6 is 11.6 Å². The van der Waals surface area contributed by atoms with Crippen LogP contribution in [0, 0.1) is 17.8 Å². The first kappa shape index (κ1) is 25.2. The Bertz CT molecular complexity index is 1030. The maximum absolute atomic E-state index is 13.8. The molecule has 4 heterocycles. The number of piperidine rings is 2. The predicted octanol–water partition coefficient (Wildman–Crippen LogP) is 5.35. The van der Waals surface area contributed by atoms with E-state index in [4.69, 9.17) is 16.0 Å². The van der Waals surface area contributed by atoms with E-state index in [1.165, 1.54) is 12.8 Å². The number of carbonyl (C=O) groups is 1. The highest BCUT2D eigenvalue weighted by Gasteiger charge is 2.41. The lowest BCUT2D eigenvalue weighted by atomic mass is 9.72. The highest BCUT2D eigenvalue weighted by atomic mass is 35.5. The molecule has 0 aromatic carbocycles. The highest BCUT2D eigenvalue weighted by Crippen LogP contribution is 2.41. The van der Waals surface area contributed by atoms with Crippen LogP contribution in [0.3, 0.4) is 0 Å². The van der Waals surface area contributed by atoms with E-state index in [1.54, 1.807) is 11.7 Å². The van der Waals surface area contributed by atoms with Crippen LogP contribution in [0.2, 0.25) is 5.15 Å². The number of aryl methyl sites for hydroxylation is 3. The van der Waals surface area contributed by atoms with E-state index >= 15 is 0 Å². The minimum Gasteiger partial charge on any atom is -0.439 e. The van der Waals surface area contributed by atoms with E-state index in [0.717, 1.165) is 57.7 Å². The summed E-state index contributed by atoms with van der Waals surface area (Å²) < 4.78 is 7.50. The third-order valence-electron chi connectivity index (χ3n) is 7.59. The molecule has 4 rings (SSSR count). The first-order valence-electron chi connectivity index (χ1n) is 12.7. The molecule has 0 aliphatic carbocycles. The summed E-state index contributed by atoms with van der Waals surface area (Å²) >= 11 is 6.62. The second-order valence-electron chi connectivity index (χ2n) is 11.5. The summed E-state index contributed by atoms with van der Waals surface area (Å²) in [6.45, 7) is 15.8. The average Bonchev–Trinajstić information content (AvgIpc) is 3.31. The second-order valence-corrected chi connectivity index (χ2v) is 11.9. The smallest absolute Gasteiger partial charge is 0.259 e. The summed E-state index contributed by atoms with van der Waals surface area (Å²) in [6, 6.07) is 0. The standard InChI is InChI=1S/C26H40ClN5O2/c1-7-19-28-18(2)22(34-19)21-20(23(27)30(6)29-21)24(33)32-13-8-9-26(17-32)11-15-31(16-12-26)14-10-25(3,4)5/h7-17H2,1-6H3. The van der Waals surface area contributed by atoms with Crippen molar-refractivity contribution in [3.8, 4) is 11.5 Å². The number of oxazole rings is 1. The Labute approximate surface area is 208 Å². The third kappa shape index (κ3) is 5.20. The number of hydrogen-bond donors (Lipinski definition) is 0. The van der Waals surface area contributed by atoms with Gasteiger partial charge in [0, 0.05) is 26.6 Å². The van der Waals surface area contributed by atoms with Crippen molar-refractivity contribution < 1.29 is 9.21 Å². The fraction of sp³-hybridized carbons (Fsp3) is 0.731. The molecule has 2 aliphatic rings. The van der Waals surface area contributed by atoms with Crippen LogP contribution in [0.1, 0.15) is 81.7 Å². The fourth-order valence-electron chi connectivity index (χ4n) is 5.37. The summed E-state index contributed by atoms with van der Waals surface area (Å²) in [5.74, 6) is 1.14. The Hall–Kier alpha value is -1.86. The number of carbonyl (C=O) groups excluding carboxylic acids is 1. The summed E-state index contributed by atoms with van der Waals surface area (Å²) in [5.41, 5.74) is 2.24. The van der Waals surface area contributed by atoms with E-state index in [9.17, 15) is 4.79 Å². The van der Waals surface area contributed by atoms with Crippen molar-refractivity contribution in [1.82, 2.24) is 24.6 Å². The number of hydrogen-bond acceptors (Lipinski definition) is 5. The molecule has 0 saturated carbocycles. The van der Waals surface area contributed by atoms with Gasteiger partial charge in [-0.2, -0.15) is 5.10 Å². The molecule has 2 aliphatic heterocycles. The third-order valence-corrected chi connectivity index (χ3v) is 8.03. The van der Waals surface area contributed by atoms with Gasteiger partial charge in [0.1, 0.15) is 16.4 Å². The molecule has 1 spiro atoms. The Morgan fingerprint density at radius 1 is 1.18 bits per heavy atom. The summed E-state index contributed by atoms with van der Waals surface area (Å²) in [7, 11) is 1.76. The quantitative estimate of drug-likeness (QED) is 0.566. The van der Waals surface area contributed by atoms with Crippen molar-refractivity contribution in [3.05, 3.63) is 22.3 Å². The molecular formula is C26H40ClN5O2. The van der Waals surface area contributed by atoms with Crippen molar-refractivity contribution in [2.45, 2.75) is 73.1 Å². The van der Waals surface area contributed by atoms with Crippen LogP contribution < -0.4 is 0 Å². The van der Waals surface area contributed by atoms with Gasteiger partial charge in [-0.15, -0.1) is 0 Å². The lowest BCUT2D eigenvalue weighted by molar-refractivity contribution is 0.0196. The van der Waals surface area contributed by atoms with Crippen LogP contribution in [0.4, 0.5) is 0 Å². The highest BCUT2D eigenvalue weighted by molar-refractivity contribution is 6.33. The number of rotatable bonds is 5. The molecule has 0 N–H and O–H groups in total. The molecule has 7 nitrogen and oxygen atoms in total. The number of likely N-dealkylation sites (tertiary alicyclic amines) is 2. The van der Waals surface area contributed by atoms with Crippen LogP contribution in [0.15, 0.2) is 4.42 Å². The van der Waals surface area contributed by atoms with Crippen molar-refractivity contribution in [3.63, 3.8) is 0 Å². The second kappa shape index (κ2) is 9.65. The normalized spacial score (nSPS) is 19.2. The van der Waals surface area contributed by atoms with Gasteiger partial charge >= 0.3 is 0 Å². The first-order chi connectivity index (χ1) is 16.0. The largest absolute Gasteiger partial charge is 0.439 e. The first-order valence-corrected chi connectivity index (χ1v) is 13.1. The van der Waals surface area contributed by atoms with E-state index in [-0.39, 0.29) is 11.3 Å². The van der Waals surface area contributed by atoms with Gasteiger partial charge in [-0.1, -0.05) is 39.3 Å². The Morgan fingerprint density at radius 2 is 1.88 bits per heavy atom. The predicted molar refractivity (Wildman–Crippen MR) is 135 cm³/mol. The maximum atomic E-state index is 13.8. The molecule has 2 aromatic heterocycles. The minimum absolute atomic E-state index is 0.0452. The molecule has 0 radical (unpaired) electrons. The van der Waals surface area contributed by atoms with E-state index in [1.807, 2.05) is 18.7 Å². The lowest BCUT2D eigenvalue weighted by Gasteiger charge is -2.48. The lowest BCUT2D eigenvalue weighted by Crippen LogP contribution is -2.51. The van der Waals surface area contributed by atoms with Gasteiger partial charge in [-0.25, -0.2) is 4.98 Å². The number of amides is 1.